The lowest BCUT2D eigenvalue weighted by Gasteiger charge is -2.31. The minimum Gasteiger partial charge on any atom is -0.302 e. The van der Waals surface area contributed by atoms with Crippen molar-refractivity contribution in [1.82, 2.24) is 0 Å². The lowest BCUT2D eigenvalue weighted by atomic mass is 9.97. The second-order valence-corrected chi connectivity index (χ2v) is 7.12. The van der Waals surface area contributed by atoms with Crippen LogP contribution in [0.4, 0.5) is 17.1 Å². The van der Waals surface area contributed by atoms with E-state index in [1.807, 2.05) is 30.3 Å². The van der Waals surface area contributed by atoms with E-state index in [1.165, 1.54) is 21.9 Å². The predicted molar refractivity (Wildman–Crippen MR) is 123 cm³/mol. The third kappa shape index (κ3) is 3.16. The van der Waals surface area contributed by atoms with Crippen LogP contribution < -0.4 is 4.90 Å². The quantitative estimate of drug-likeness (QED) is 0.340. The van der Waals surface area contributed by atoms with Gasteiger partial charge >= 0.3 is 0 Å². The zero-order chi connectivity index (χ0) is 19.6. The number of hydrogen-bond acceptors (Lipinski definition) is 2. The van der Waals surface area contributed by atoms with Gasteiger partial charge in [-0.3, -0.25) is 0 Å². The minimum absolute atomic E-state index is 0.891. The van der Waals surface area contributed by atoms with Gasteiger partial charge < -0.3 is 4.90 Å². The Hall–Kier alpha value is -3.87. The van der Waals surface area contributed by atoms with Crippen LogP contribution in [0, 0.1) is 6.92 Å². The summed E-state index contributed by atoms with van der Waals surface area (Å²) < 4.78 is 0. The summed E-state index contributed by atoms with van der Waals surface area (Å²) in [4.78, 5) is 6.84. The van der Waals surface area contributed by atoms with Crippen LogP contribution >= 0.6 is 0 Å². The van der Waals surface area contributed by atoms with Gasteiger partial charge in [-0.2, -0.15) is 0 Å². The molecule has 0 bridgehead atoms. The van der Waals surface area contributed by atoms with Crippen LogP contribution in [0.1, 0.15) is 11.1 Å². The van der Waals surface area contributed by atoms with Gasteiger partial charge in [-0.05, 0) is 59.7 Å². The van der Waals surface area contributed by atoms with Gasteiger partial charge in [0, 0.05) is 17.1 Å². The summed E-state index contributed by atoms with van der Waals surface area (Å²) >= 11 is 0. The fourth-order valence-corrected chi connectivity index (χ4v) is 3.81. The molecule has 0 spiro atoms. The summed E-state index contributed by atoms with van der Waals surface area (Å²) in [5.41, 5.74) is 6.52. The molecular weight excluding hydrogens is 352 g/mol. The Morgan fingerprint density at radius 1 is 0.690 bits per heavy atom. The molecule has 138 valence electrons. The van der Waals surface area contributed by atoms with Crippen molar-refractivity contribution in [3.8, 4) is 0 Å². The lowest BCUT2D eigenvalue weighted by Crippen LogP contribution is -2.20. The minimum atomic E-state index is 0.891. The predicted octanol–water partition coefficient (Wildman–Crippen LogP) is 7.20. The third-order valence-electron chi connectivity index (χ3n) is 5.25. The average Bonchev–Trinajstić information content (AvgIpc) is 2.78. The highest BCUT2D eigenvalue weighted by Crippen LogP contribution is 2.41. The molecule has 0 unspecified atom stereocenters. The van der Waals surface area contributed by atoms with E-state index in [2.05, 4.69) is 95.5 Å². The number of para-hydroxylation sites is 2. The lowest BCUT2D eigenvalue weighted by molar-refractivity contribution is 1.19. The van der Waals surface area contributed by atoms with Gasteiger partial charge in [-0.1, -0.05) is 66.7 Å². The highest BCUT2D eigenvalue weighted by atomic mass is 15.2. The zero-order valence-electron chi connectivity index (χ0n) is 16.2. The van der Waals surface area contributed by atoms with Gasteiger partial charge in [0.1, 0.15) is 5.70 Å². The first kappa shape index (κ1) is 17.2. The first-order valence-electron chi connectivity index (χ1n) is 9.75. The molecule has 0 saturated carbocycles. The van der Waals surface area contributed by atoms with Gasteiger partial charge in [-0.25, -0.2) is 4.99 Å². The van der Waals surface area contributed by atoms with Crippen molar-refractivity contribution >= 4 is 39.8 Å². The Morgan fingerprint density at radius 2 is 1.45 bits per heavy atom. The van der Waals surface area contributed by atoms with Crippen molar-refractivity contribution in [3.63, 3.8) is 0 Å². The summed E-state index contributed by atoms with van der Waals surface area (Å²) in [6.07, 6.45) is 4.28. The maximum absolute atomic E-state index is 4.59. The SMILES string of the molecule is Cc1ccccc1N1C(=C=Nc2ccccc2)C=Cc2c1ccc1ccccc21. The number of fused-ring (bicyclic) bond motifs is 3. The molecule has 1 heterocycles. The highest BCUT2D eigenvalue weighted by molar-refractivity contribution is 6.01. The first-order chi connectivity index (χ1) is 14.3. The topological polar surface area (TPSA) is 15.6 Å². The van der Waals surface area contributed by atoms with Crippen molar-refractivity contribution in [2.24, 2.45) is 4.99 Å². The standard InChI is InChI=1S/C27H20N2/c1-20-9-5-8-14-26(20)29-23(19-28-22-11-3-2-4-12-22)16-17-25-24-13-7-6-10-21(24)15-18-27(25)29/h2-18H,1H3. The molecule has 0 atom stereocenters. The van der Waals surface area contributed by atoms with Crippen LogP contribution in [-0.4, -0.2) is 5.87 Å². The van der Waals surface area contributed by atoms with E-state index in [0.29, 0.717) is 0 Å². The average molecular weight is 372 g/mol. The van der Waals surface area contributed by atoms with E-state index in [4.69, 9.17) is 0 Å². The number of aryl methyl sites for hydroxylation is 1. The molecule has 0 aromatic heterocycles. The molecule has 0 fully saturated rings. The van der Waals surface area contributed by atoms with Crippen molar-refractivity contribution < 1.29 is 0 Å². The van der Waals surface area contributed by atoms with Crippen LogP contribution in [-0.2, 0) is 0 Å². The molecule has 2 heteroatoms. The maximum atomic E-state index is 4.59. The number of anilines is 2. The third-order valence-corrected chi connectivity index (χ3v) is 5.25. The zero-order valence-corrected chi connectivity index (χ0v) is 16.2. The fourth-order valence-electron chi connectivity index (χ4n) is 3.81. The van der Waals surface area contributed by atoms with Crippen molar-refractivity contribution in [2.75, 3.05) is 4.90 Å². The van der Waals surface area contributed by atoms with Crippen molar-refractivity contribution in [3.05, 3.63) is 114 Å². The Morgan fingerprint density at radius 3 is 2.31 bits per heavy atom. The van der Waals surface area contributed by atoms with Gasteiger partial charge in [0.15, 0.2) is 0 Å². The number of benzene rings is 4. The second kappa shape index (κ2) is 7.27. The number of allylic oxidation sites excluding steroid dienone is 1. The number of hydrogen-bond donors (Lipinski definition) is 0. The van der Waals surface area contributed by atoms with Crippen LogP contribution in [0.3, 0.4) is 0 Å². The molecule has 1 aliphatic heterocycles. The monoisotopic (exact) mass is 372 g/mol. The van der Waals surface area contributed by atoms with Gasteiger partial charge in [0.2, 0.25) is 0 Å². The molecule has 1 aliphatic rings. The molecule has 4 aromatic carbocycles. The summed E-state index contributed by atoms with van der Waals surface area (Å²) in [5, 5.41) is 2.49. The molecule has 4 aromatic rings. The van der Waals surface area contributed by atoms with E-state index in [1.54, 1.807) is 0 Å². The van der Waals surface area contributed by atoms with Gasteiger partial charge in [0.05, 0.1) is 11.4 Å². The highest BCUT2D eigenvalue weighted by Gasteiger charge is 2.22. The van der Waals surface area contributed by atoms with Gasteiger partial charge in [-0.15, -0.1) is 0 Å². The van der Waals surface area contributed by atoms with E-state index in [-0.39, 0.29) is 0 Å². The molecule has 5 rings (SSSR count). The van der Waals surface area contributed by atoms with Crippen molar-refractivity contribution in [1.29, 1.82) is 0 Å². The van der Waals surface area contributed by atoms with E-state index < -0.39 is 0 Å². The number of rotatable bonds is 2. The molecule has 0 N–H and O–H groups in total. The summed E-state index contributed by atoms with van der Waals surface area (Å²) in [6, 6.07) is 31.3. The number of nitrogens with zero attached hydrogens (tertiary/aromatic N) is 2. The second-order valence-electron chi connectivity index (χ2n) is 7.12. The molecule has 2 nitrogen and oxygen atoms in total. The molecule has 0 saturated heterocycles. The van der Waals surface area contributed by atoms with E-state index in [9.17, 15) is 0 Å². The summed E-state index contributed by atoms with van der Waals surface area (Å²) in [5.74, 6) is 3.28. The molecule has 0 radical (unpaired) electrons. The van der Waals surface area contributed by atoms with Crippen LogP contribution in [0.15, 0.2) is 108 Å². The van der Waals surface area contributed by atoms with Crippen LogP contribution in [0.2, 0.25) is 0 Å². The Bertz CT molecular complexity index is 1290. The molecular formula is C27H20N2. The summed E-state index contributed by atoms with van der Waals surface area (Å²) in [6.45, 7) is 2.14. The van der Waals surface area contributed by atoms with Crippen LogP contribution in [0.5, 0.6) is 0 Å². The fraction of sp³-hybridized carbons (Fsp3) is 0.0370. The van der Waals surface area contributed by atoms with Gasteiger partial charge in [0.25, 0.3) is 0 Å². The molecule has 0 aliphatic carbocycles. The largest absolute Gasteiger partial charge is 0.302 e. The molecule has 0 amide bonds. The van der Waals surface area contributed by atoms with Crippen LogP contribution in [0.25, 0.3) is 16.8 Å². The Balaban J connectivity index is 1.75. The van der Waals surface area contributed by atoms with Crippen molar-refractivity contribution in [2.45, 2.75) is 6.92 Å². The Kier molecular flexibility index (Phi) is 4.32. The smallest absolute Gasteiger partial charge is 0.109 e. The Labute approximate surface area is 170 Å². The molecule has 29 heavy (non-hydrogen) atoms. The first-order valence-corrected chi connectivity index (χ1v) is 9.75. The van der Waals surface area contributed by atoms with E-state index in [0.717, 1.165) is 22.8 Å². The normalized spacial score (nSPS) is 12.6. The van der Waals surface area contributed by atoms with E-state index >= 15 is 0 Å². The number of aliphatic imine (C=N–C) groups is 1. The summed E-state index contributed by atoms with van der Waals surface area (Å²) in [7, 11) is 0. The maximum Gasteiger partial charge on any atom is 0.109 e.